The molecule has 9 heteroatoms. The number of phenolic OH excluding ortho intramolecular Hbond substituents is 2. The van der Waals surface area contributed by atoms with Crippen LogP contribution in [-0.4, -0.2) is 42.4 Å². The van der Waals surface area contributed by atoms with Gasteiger partial charge in [-0.25, -0.2) is 14.6 Å². The standard InChI is InChI=1S/C22H20N6O3/c1-2-18(31)27(15-6-4-3-5-7-15)10-11-28-22-19(21(23)24-13-25-22)20(26-28)14-8-9-16(29)17(30)12-14/h2-9,12-13,29-30H,1,10-11H2,(H2,23,24,25). The van der Waals surface area contributed by atoms with Crippen molar-refractivity contribution in [1.82, 2.24) is 19.7 Å². The average molecular weight is 416 g/mol. The van der Waals surface area contributed by atoms with Gasteiger partial charge in [-0.15, -0.1) is 0 Å². The molecular weight excluding hydrogens is 396 g/mol. The van der Waals surface area contributed by atoms with Gasteiger partial charge >= 0.3 is 0 Å². The van der Waals surface area contributed by atoms with Gasteiger partial charge in [-0.05, 0) is 36.4 Å². The highest BCUT2D eigenvalue weighted by atomic mass is 16.3. The first-order valence-corrected chi connectivity index (χ1v) is 9.48. The second-order valence-electron chi connectivity index (χ2n) is 6.76. The number of carbonyl (C=O) groups excluding carboxylic acids is 1. The fraction of sp³-hybridized carbons (Fsp3) is 0.0909. The highest BCUT2D eigenvalue weighted by Gasteiger charge is 2.19. The predicted molar refractivity (Wildman–Crippen MR) is 117 cm³/mol. The highest BCUT2D eigenvalue weighted by Crippen LogP contribution is 2.34. The number of aromatic hydroxyl groups is 2. The van der Waals surface area contributed by atoms with Gasteiger partial charge in [-0.2, -0.15) is 5.10 Å². The van der Waals surface area contributed by atoms with Crippen LogP contribution in [0, 0.1) is 0 Å². The van der Waals surface area contributed by atoms with Crippen molar-refractivity contribution in [3.63, 3.8) is 0 Å². The van der Waals surface area contributed by atoms with Gasteiger partial charge < -0.3 is 20.8 Å². The number of nitrogens with two attached hydrogens (primary N) is 1. The minimum absolute atomic E-state index is 0.236. The number of carbonyl (C=O) groups is 1. The van der Waals surface area contributed by atoms with Gasteiger partial charge in [0.05, 0.1) is 11.9 Å². The number of hydrogen-bond donors (Lipinski definition) is 3. The summed E-state index contributed by atoms with van der Waals surface area (Å²) >= 11 is 0. The molecule has 0 saturated heterocycles. The van der Waals surface area contributed by atoms with Gasteiger partial charge in [0.15, 0.2) is 17.1 Å². The first-order valence-electron chi connectivity index (χ1n) is 9.48. The molecule has 1 amide bonds. The van der Waals surface area contributed by atoms with Gasteiger partial charge in [0.25, 0.3) is 0 Å². The maximum absolute atomic E-state index is 12.4. The first-order chi connectivity index (χ1) is 15.0. The van der Waals surface area contributed by atoms with E-state index in [-0.39, 0.29) is 23.2 Å². The van der Waals surface area contributed by atoms with Crippen molar-refractivity contribution in [3.05, 3.63) is 67.5 Å². The monoisotopic (exact) mass is 416 g/mol. The summed E-state index contributed by atoms with van der Waals surface area (Å²) in [5.74, 6) is -0.512. The van der Waals surface area contributed by atoms with Crippen LogP contribution in [0.15, 0.2) is 67.5 Å². The van der Waals surface area contributed by atoms with Crippen LogP contribution in [0.3, 0.4) is 0 Å². The topological polar surface area (TPSA) is 130 Å². The van der Waals surface area contributed by atoms with E-state index >= 15 is 0 Å². The quantitative estimate of drug-likeness (QED) is 0.325. The zero-order valence-electron chi connectivity index (χ0n) is 16.5. The number of rotatable bonds is 6. The van der Waals surface area contributed by atoms with Crippen LogP contribution < -0.4 is 10.6 Å². The van der Waals surface area contributed by atoms with Gasteiger partial charge in [-0.3, -0.25) is 4.79 Å². The molecule has 156 valence electrons. The Labute approximate surface area is 177 Å². The molecule has 4 aromatic rings. The van der Waals surface area contributed by atoms with Gasteiger partial charge in [0.2, 0.25) is 5.91 Å². The van der Waals surface area contributed by atoms with Gasteiger partial charge in [-0.1, -0.05) is 24.8 Å². The molecule has 0 radical (unpaired) electrons. The molecule has 4 N–H and O–H groups in total. The summed E-state index contributed by atoms with van der Waals surface area (Å²) in [5, 5.41) is 24.7. The number of nitrogen functional groups attached to an aromatic ring is 1. The molecular formula is C22H20N6O3. The lowest BCUT2D eigenvalue weighted by Gasteiger charge is -2.21. The van der Waals surface area contributed by atoms with Crippen LogP contribution in [0.1, 0.15) is 0 Å². The molecule has 2 aromatic heterocycles. The molecule has 0 fully saturated rings. The first kappa shape index (κ1) is 19.9. The predicted octanol–water partition coefficient (Wildman–Crippen LogP) is 2.71. The zero-order chi connectivity index (χ0) is 22.0. The third kappa shape index (κ3) is 3.76. The van der Waals surface area contributed by atoms with Crippen LogP contribution in [0.4, 0.5) is 11.5 Å². The fourth-order valence-electron chi connectivity index (χ4n) is 3.34. The van der Waals surface area contributed by atoms with Crippen LogP contribution >= 0.6 is 0 Å². The summed E-state index contributed by atoms with van der Waals surface area (Å²) in [6.07, 6.45) is 2.61. The van der Waals surface area contributed by atoms with Crippen LogP contribution in [0.25, 0.3) is 22.3 Å². The molecule has 0 saturated carbocycles. The number of hydrogen-bond acceptors (Lipinski definition) is 7. The Bertz CT molecular complexity index is 1270. The minimum atomic E-state index is -0.276. The third-order valence-electron chi connectivity index (χ3n) is 4.85. The van der Waals surface area contributed by atoms with E-state index in [1.165, 1.54) is 24.5 Å². The summed E-state index contributed by atoms with van der Waals surface area (Å²) in [6, 6.07) is 13.6. The van der Waals surface area contributed by atoms with Crippen molar-refractivity contribution in [3.8, 4) is 22.8 Å². The van der Waals surface area contributed by atoms with E-state index < -0.39 is 0 Å². The smallest absolute Gasteiger partial charge is 0.250 e. The zero-order valence-corrected chi connectivity index (χ0v) is 16.5. The van der Waals surface area contributed by atoms with Crippen molar-refractivity contribution in [1.29, 1.82) is 0 Å². The summed E-state index contributed by atoms with van der Waals surface area (Å²) in [6.45, 7) is 4.23. The van der Waals surface area contributed by atoms with Crippen molar-refractivity contribution in [2.24, 2.45) is 0 Å². The van der Waals surface area contributed by atoms with E-state index in [1.807, 2.05) is 30.3 Å². The van der Waals surface area contributed by atoms with Crippen LogP contribution in [0.5, 0.6) is 11.5 Å². The summed E-state index contributed by atoms with van der Waals surface area (Å²) in [7, 11) is 0. The van der Waals surface area contributed by atoms with E-state index in [4.69, 9.17) is 5.73 Å². The Morgan fingerprint density at radius 1 is 1.13 bits per heavy atom. The maximum atomic E-state index is 12.4. The Balaban J connectivity index is 1.74. The van der Waals surface area contributed by atoms with E-state index in [9.17, 15) is 15.0 Å². The van der Waals surface area contributed by atoms with Gasteiger partial charge in [0, 0.05) is 17.8 Å². The number of aromatic nitrogens is 4. The van der Waals surface area contributed by atoms with Crippen LogP contribution in [-0.2, 0) is 11.3 Å². The third-order valence-corrected chi connectivity index (χ3v) is 4.85. The number of para-hydroxylation sites is 1. The van der Waals surface area contributed by atoms with E-state index in [0.717, 1.165) is 5.69 Å². The molecule has 2 heterocycles. The minimum Gasteiger partial charge on any atom is -0.504 e. The highest BCUT2D eigenvalue weighted by molar-refractivity contribution is 6.01. The fourth-order valence-corrected chi connectivity index (χ4v) is 3.34. The Hall–Kier alpha value is -4.40. The van der Waals surface area contributed by atoms with E-state index in [1.54, 1.807) is 15.6 Å². The number of fused-ring (bicyclic) bond motifs is 1. The van der Waals surface area contributed by atoms with E-state index in [2.05, 4.69) is 21.6 Å². The molecule has 0 aliphatic carbocycles. The molecule has 0 unspecified atom stereocenters. The Morgan fingerprint density at radius 2 is 1.90 bits per heavy atom. The number of amides is 1. The maximum Gasteiger partial charge on any atom is 0.250 e. The van der Waals surface area contributed by atoms with E-state index in [0.29, 0.717) is 35.4 Å². The lowest BCUT2D eigenvalue weighted by molar-refractivity contribution is -0.114. The van der Waals surface area contributed by atoms with Crippen molar-refractivity contribution in [2.75, 3.05) is 17.2 Å². The molecule has 0 spiro atoms. The molecule has 4 rings (SSSR count). The van der Waals surface area contributed by atoms with Crippen molar-refractivity contribution >= 4 is 28.4 Å². The lowest BCUT2D eigenvalue weighted by atomic mass is 10.1. The summed E-state index contributed by atoms with van der Waals surface area (Å²) in [4.78, 5) is 22.4. The second kappa shape index (κ2) is 8.15. The Kier molecular flexibility index (Phi) is 5.23. The van der Waals surface area contributed by atoms with Gasteiger partial charge in [0.1, 0.15) is 17.8 Å². The van der Waals surface area contributed by atoms with Crippen LogP contribution in [0.2, 0.25) is 0 Å². The normalized spacial score (nSPS) is 10.8. The number of nitrogens with zero attached hydrogens (tertiary/aromatic N) is 5. The van der Waals surface area contributed by atoms with Crippen molar-refractivity contribution < 1.29 is 15.0 Å². The lowest BCUT2D eigenvalue weighted by Crippen LogP contribution is -2.32. The molecule has 2 aromatic carbocycles. The molecule has 9 nitrogen and oxygen atoms in total. The number of benzene rings is 2. The average Bonchev–Trinajstić information content (AvgIpc) is 3.16. The molecule has 0 aliphatic rings. The van der Waals surface area contributed by atoms with Crippen molar-refractivity contribution in [2.45, 2.75) is 6.54 Å². The SMILES string of the molecule is C=CC(=O)N(CCn1nc(-c2ccc(O)c(O)c2)c2c(N)ncnc21)c1ccccc1. The number of anilines is 2. The molecule has 0 bridgehead atoms. The summed E-state index contributed by atoms with van der Waals surface area (Å²) < 4.78 is 1.64. The molecule has 0 atom stereocenters. The summed E-state index contributed by atoms with van der Waals surface area (Å²) in [5.41, 5.74) is 8.34. The largest absolute Gasteiger partial charge is 0.504 e. The Morgan fingerprint density at radius 3 is 2.61 bits per heavy atom. The molecule has 0 aliphatic heterocycles. The second-order valence-corrected chi connectivity index (χ2v) is 6.76. The molecule has 31 heavy (non-hydrogen) atoms. The number of phenols is 2.